The van der Waals surface area contributed by atoms with Gasteiger partial charge in [-0.25, -0.2) is 9.97 Å². The van der Waals surface area contributed by atoms with Crippen LogP contribution in [0.5, 0.6) is 0 Å². The summed E-state index contributed by atoms with van der Waals surface area (Å²) in [4.78, 5) is 8.42. The summed E-state index contributed by atoms with van der Waals surface area (Å²) >= 11 is 0. The zero-order chi connectivity index (χ0) is 10.5. The van der Waals surface area contributed by atoms with Gasteiger partial charge in [0, 0.05) is 19.2 Å². The molecule has 0 spiro atoms. The quantitative estimate of drug-likeness (QED) is 0.807. The fourth-order valence-corrected chi connectivity index (χ4v) is 1.80. The van der Waals surface area contributed by atoms with E-state index in [2.05, 4.69) is 9.97 Å². The van der Waals surface area contributed by atoms with Crippen molar-refractivity contribution in [1.82, 2.24) is 9.97 Å². The number of aliphatic hydroxyl groups excluding tert-OH is 1. The molecule has 1 fully saturated rings. The van der Waals surface area contributed by atoms with Crippen molar-refractivity contribution in [2.24, 2.45) is 0 Å². The second-order valence-corrected chi connectivity index (χ2v) is 3.82. The largest absolute Gasteiger partial charge is 0.390 e. The lowest BCUT2D eigenvalue weighted by molar-refractivity contribution is 0.0156. The van der Waals surface area contributed by atoms with Crippen molar-refractivity contribution < 1.29 is 9.84 Å². The Hall–Kier alpha value is -1.00. The molecule has 1 aromatic rings. The highest BCUT2D eigenvalue weighted by atomic mass is 16.5. The molecule has 1 aliphatic heterocycles. The first kappa shape index (κ1) is 10.5. The number of rotatable bonds is 3. The summed E-state index contributed by atoms with van der Waals surface area (Å²) in [6, 6.07) is 1.73. The molecular weight excluding hydrogens is 192 g/mol. The molecule has 1 atom stereocenters. The Kier molecular flexibility index (Phi) is 3.64. The average Bonchev–Trinajstić information content (AvgIpc) is 2.31. The topological polar surface area (TPSA) is 55.2 Å². The van der Waals surface area contributed by atoms with Crippen LogP contribution >= 0.6 is 0 Å². The number of hydrogen-bond acceptors (Lipinski definition) is 4. The number of aliphatic hydroxyl groups is 1. The predicted molar refractivity (Wildman–Crippen MR) is 55.2 cm³/mol. The van der Waals surface area contributed by atoms with Crippen LogP contribution < -0.4 is 0 Å². The van der Waals surface area contributed by atoms with Gasteiger partial charge in [-0.1, -0.05) is 0 Å². The molecule has 0 aliphatic carbocycles. The second-order valence-electron chi connectivity index (χ2n) is 3.82. The Balaban J connectivity index is 1.96. The molecule has 1 aliphatic rings. The Morgan fingerprint density at radius 2 is 2.40 bits per heavy atom. The summed E-state index contributed by atoms with van der Waals surface area (Å²) in [5, 5.41) is 8.95. The van der Waals surface area contributed by atoms with Crippen molar-refractivity contribution in [2.45, 2.75) is 38.4 Å². The SMILES string of the molecule is OCc1ccnc(CC2CCCCO2)n1. The smallest absolute Gasteiger partial charge is 0.131 e. The summed E-state index contributed by atoms with van der Waals surface area (Å²) < 4.78 is 5.61. The van der Waals surface area contributed by atoms with Gasteiger partial charge in [-0.05, 0) is 25.3 Å². The summed E-state index contributed by atoms with van der Waals surface area (Å²) in [6.45, 7) is 0.825. The van der Waals surface area contributed by atoms with Gasteiger partial charge in [0.2, 0.25) is 0 Å². The maximum absolute atomic E-state index is 8.95. The lowest BCUT2D eigenvalue weighted by Crippen LogP contribution is -2.22. The molecule has 4 heteroatoms. The molecule has 2 heterocycles. The first-order valence-corrected chi connectivity index (χ1v) is 5.42. The van der Waals surface area contributed by atoms with Crippen molar-refractivity contribution >= 4 is 0 Å². The van der Waals surface area contributed by atoms with Gasteiger partial charge in [-0.3, -0.25) is 0 Å². The predicted octanol–water partition coefficient (Wildman–Crippen LogP) is 1.08. The van der Waals surface area contributed by atoms with Crippen LogP contribution in [0.25, 0.3) is 0 Å². The van der Waals surface area contributed by atoms with Crippen LogP contribution in [-0.2, 0) is 17.8 Å². The van der Waals surface area contributed by atoms with Crippen LogP contribution in [0.3, 0.4) is 0 Å². The van der Waals surface area contributed by atoms with E-state index in [4.69, 9.17) is 9.84 Å². The number of nitrogens with zero attached hydrogens (tertiary/aromatic N) is 2. The fourth-order valence-electron chi connectivity index (χ4n) is 1.80. The van der Waals surface area contributed by atoms with Crippen molar-refractivity contribution in [3.05, 3.63) is 23.8 Å². The Labute approximate surface area is 89.3 Å². The maximum Gasteiger partial charge on any atom is 0.131 e. The van der Waals surface area contributed by atoms with Gasteiger partial charge in [0.1, 0.15) is 5.82 Å². The van der Waals surface area contributed by atoms with E-state index in [1.165, 1.54) is 6.42 Å². The highest BCUT2D eigenvalue weighted by molar-refractivity contribution is 5.01. The molecule has 0 radical (unpaired) electrons. The highest BCUT2D eigenvalue weighted by Crippen LogP contribution is 2.15. The number of ether oxygens (including phenoxy) is 1. The van der Waals surface area contributed by atoms with Gasteiger partial charge < -0.3 is 9.84 Å². The van der Waals surface area contributed by atoms with Gasteiger partial charge in [0.05, 0.1) is 18.4 Å². The highest BCUT2D eigenvalue weighted by Gasteiger charge is 2.15. The summed E-state index contributed by atoms with van der Waals surface area (Å²) in [5.74, 6) is 0.772. The average molecular weight is 208 g/mol. The molecular formula is C11H16N2O2. The first-order valence-electron chi connectivity index (χ1n) is 5.42. The molecule has 1 aromatic heterocycles. The summed E-state index contributed by atoms with van der Waals surface area (Å²) in [7, 11) is 0. The van der Waals surface area contributed by atoms with Gasteiger partial charge >= 0.3 is 0 Å². The molecule has 0 saturated carbocycles. The molecule has 4 nitrogen and oxygen atoms in total. The molecule has 1 N–H and O–H groups in total. The normalized spacial score (nSPS) is 21.5. The van der Waals surface area contributed by atoms with E-state index in [1.54, 1.807) is 12.3 Å². The van der Waals surface area contributed by atoms with Gasteiger partial charge in [-0.15, -0.1) is 0 Å². The minimum Gasteiger partial charge on any atom is -0.390 e. The first-order chi connectivity index (χ1) is 7.38. The minimum atomic E-state index is -0.0267. The Morgan fingerprint density at radius 1 is 1.47 bits per heavy atom. The lowest BCUT2D eigenvalue weighted by atomic mass is 10.1. The minimum absolute atomic E-state index is 0.0267. The van der Waals surface area contributed by atoms with E-state index >= 15 is 0 Å². The molecule has 1 saturated heterocycles. The van der Waals surface area contributed by atoms with Crippen LogP contribution in [0.4, 0.5) is 0 Å². The van der Waals surface area contributed by atoms with E-state index < -0.39 is 0 Å². The standard InChI is InChI=1S/C11H16N2O2/c14-8-9-4-5-12-11(13-9)7-10-3-1-2-6-15-10/h4-5,10,14H,1-3,6-8H2. The van der Waals surface area contributed by atoms with Crippen LogP contribution in [0.2, 0.25) is 0 Å². The van der Waals surface area contributed by atoms with Crippen molar-refractivity contribution in [3.63, 3.8) is 0 Å². The molecule has 82 valence electrons. The van der Waals surface area contributed by atoms with E-state index in [9.17, 15) is 0 Å². The molecule has 0 aromatic carbocycles. The van der Waals surface area contributed by atoms with Gasteiger partial charge in [0.25, 0.3) is 0 Å². The van der Waals surface area contributed by atoms with Crippen LogP contribution in [0, 0.1) is 0 Å². The van der Waals surface area contributed by atoms with Crippen LogP contribution in [0.1, 0.15) is 30.8 Å². The van der Waals surface area contributed by atoms with Gasteiger partial charge in [-0.2, -0.15) is 0 Å². The second kappa shape index (κ2) is 5.19. The third-order valence-corrected chi connectivity index (χ3v) is 2.61. The van der Waals surface area contributed by atoms with E-state index in [0.29, 0.717) is 5.69 Å². The molecule has 0 amide bonds. The Morgan fingerprint density at radius 3 is 3.13 bits per heavy atom. The molecule has 15 heavy (non-hydrogen) atoms. The molecule has 1 unspecified atom stereocenters. The fraction of sp³-hybridized carbons (Fsp3) is 0.636. The molecule has 2 rings (SSSR count). The molecule has 0 bridgehead atoms. The third-order valence-electron chi connectivity index (χ3n) is 2.61. The van der Waals surface area contributed by atoms with Crippen molar-refractivity contribution in [1.29, 1.82) is 0 Å². The zero-order valence-electron chi connectivity index (χ0n) is 8.72. The van der Waals surface area contributed by atoms with Crippen LogP contribution in [0.15, 0.2) is 12.3 Å². The number of hydrogen-bond donors (Lipinski definition) is 1. The maximum atomic E-state index is 8.95. The van der Waals surface area contributed by atoms with Crippen LogP contribution in [-0.4, -0.2) is 27.8 Å². The third kappa shape index (κ3) is 2.97. The van der Waals surface area contributed by atoms with E-state index in [-0.39, 0.29) is 12.7 Å². The summed E-state index contributed by atoms with van der Waals surface area (Å²) in [5.41, 5.74) is 0.677. The number of aromatic nitrogens is 2. The summed E-state index contributed by atoms with van der Waals surface area (Å²) in [6.07, 6.45) is 6.18. The van der Waals surface area contributed by atoms with E-state index in [1.807, 2.05) is 0 Å². The monoisotopic (exact) mass is 208 g/mol. The van der Waals surface area contributed by atoms with Gasteiger partial charge in [0.15, 0.2) is 0 Å². The van der Waals surface area contributed by atoms with Crippen molar-refractivity contribution in [2.75, 3.05) is 6.61 Å². The lowest BCUT2D eigenvalue weighted by Gasteiger charge is -2.21. The van der Waals surface area contributed by atoms with E-state index in [0.717, 1.165) is 31.7 Å². The van der Waals surface area contributed by atoms with Crippen molar-refractivity contribution in [3.8, 4) is 0 Å². The zero-order valence-corrected chi connectivity index (χ0v) is 8.72. The Bertz CT molecular complexity index is 311.